The molecule has 0 aliphatic carbocycles. The van der Waals surface area contributed by atoms with Gasteiger partial charge in [-0.3, -0.25) is 14.3 Å². The van der Waals surface area contributed by atoms with Gasteiger partial charge in [-0.2, -0.15) is 0 Å². The molecule has 0 spiro atoms. The number of rotatable bonds is 5. The lowest BCUT2D eigenvalue weighted by Crippen LogP contribution is -2.06. The van der Waals surface area contributed by atoms with Gasteiger partial charge in [-0.1, -0.05) is 24.3 Å². The summed E-state index contributed by atoms with van der Waals surface area (Å²) in [6.45, 7) is 1.91. The van der Waals surface area contributed by atoms with Crippen molar-refractivity contribution < 1.29 is 9.13 Å². The highest BCUT2D eigenvalue weighted by Gasteiger charge is 2.14. The van der Waals surface area contributed by atoms with E-state index in [1.54, 1.807) is 30.3 Å². The van der Waals surface area contributed by atoms with Crippen molar-refractivity contribution in [3.63, 3.8) is 0 Å². The minimum Gasteiger partial charge on any atom is -0.398 e. The van der Waals surface area contributed by atoms with Crippen LogP contribution in [0.2, 0.25) is 0 Å². The lowest BCUT2D eigenvalue weighted by molar-refractivity contribution is -0.385. The van der Waals surface area contributed by atoms with E-state index in [0.29, 0.717) is 28.3 Å². The summed E-state index contributed by atoms with van der Waals surface area (Å²) in [5.74, 6) is 0.304. The Kier molecular flexibility index (Phi) is 4.70. The zero-order chi connectivity index (χ0) is 15.4. The van der Waals surface area contributed by atoms with Crippen LogP contribution in [0.5, 0.6) is 0 Å². The first kappa shape index (κ1) is 15.2. The highest BCUT2D eigenvalue weighted by Crippen LogP contribution is 2.21. The van der Waals surface area contributed by atoms with Gasteiger partial charge in [0.1, 0.15) is 0 Å². The van der Waals surface area contributed by atoms with Crippen LogP contribution in [0.15, 0.2) is 47.4 Å². The van der Waals surface area contributed by atoms with Crippen molar-refractivity contribution in [2.75, 3.05) is 11.5 Å². The second-order valence-corrected chi connectivity index (χ2v) is 6.27. The molecule has 0 radical (unpaired) electrons. The van der Waals surface area contributed by atoms with Crippen LogP contribution in [0, 0.1) is 17.0 Å². The van der Waals surface area contributed by atoms with Crippen molar-refractivity contribution >= 4 is 22.2 Å². The Morgan fingerprint density at radius 3 is 2.62 bits per heavy atom. The quantitative estimate of drug-likeness (QED) is 0.523. The van der Waals surface area contributed by atoms with Crippen molar-refractivity contribution in [2.45, 2.75) is 18.2 Å². The van der Waals surface area contributed by atoms with Crippen molar-refractivity contribution in [3.8, 4) is 0 Å². The minimum absolute atomic E-state index is 0.0615. The topological polar surface area (TPSA) is 86.2 Å². The summed E-state index contributed by atoms with van der Waals surface area (Å²) < 4.78 is 12.3. The summed E-state index contributed by atoms with van der Waals surface area (Å²) >= 11 is 0. The van der Waals surface area contributed by atoms with Crippen molar-refractivity contribution in [1.82, 2.24) is 0 Å². The maximum absolute atomic E-state index is 12.3. The van der Waals surface area contributed by atoms with Crippen LogP contribution in [0.25, 0.3) is 0 Å². The fraction of sp³-hybridized carbons (Fsp3) is 0.200. The summed E-state index contributed by atoms with van der Waals surface area (Å²) in [4.78, 5) is 11.1. The molecule has 0 bridgehead atoms. The molecule has 5 nitrogen and oxygen atoms in total. The summed E-state index contributed by atoms with van der Waals surface area (Å²) in [5, 5.41) is 10.9. The molecule has 2 rings (SSSR count). The summed E-state index contributed by atoms with van der Waals surface area (Å²) in [7, 11) is -1.27. The van der Waals surface area contributed by atoms with Gasteiger partial charge in [0.2, 0.25) is 0 Å². The Bertz CT molecular complexity index is 701. The smallest absolute Gasteiger partial charge is 0.272 e. The van der Waals surface area contributed by atoms with E-state index in [9.17, 15) is 14.3 Å². The summed E-state index contributed by atoms with van der Waals surface area (Å²) in [6.07, 6.45) is 0.372. The molecule has 0 heterocycles. The largest absolute Gasteiger partial charge is 0.398 e. The van der Waals surface area contributed by atoms with Gasteiger partial charge >= 0.3 is 0 Å². The lowest BCUT2D eigenvalue weighted by Gasteiger charge is -2.07. The van der Waals surface area contributed by atoms with Gasteiger partial charge < -0.3 is 5.73 Å². The highest BCUT2D eigenvalue weighted by molar-refractivity contribution is 7.85. The zero-order valence-electron chi connectivity index (χ0n) is 11.6. The molecule has 2 aromatic rings. The number of para-hydroxylation sites is 1. The molecule has 1 unspecified atom stereocenters. The molecule has 21 heavy (non-hydrogen) atoms. The standard InChI is InChI=1S/C15H16N2O3S/c1-11-6-7-15(13(16)10-11)21(20)9-8-12-4-2-3-5-14(12)17(18)19/h2-7,10H,8-9,16H2,1H3. The normalized spacial score (nSPS) is 12.0. The van der Waals surface area contributed by atoms with Gasteiger partial charge in [-0.15, -0.1) is 0 Å². The zero-order valence-corrected chi connectivity index (χ0v) is 12.4. The second-order valence-electron chi connectivity index (χ2n) is 4.73. The maximum atomic E-state index is 12.3. The monoisotopic (exact) mass is 304 g/mol. The predicted molar refractivity (Wildman–Crippen MR) is 83.7 cm³/mol. The average molecular weight is 304 g/mol. The van der Waals surface area contributed by atoms with E-state index < -0.39 is 15.7 Å². The first-order chi connectivity index (χ1) is 9.99. The number of nitro groups is 1. The third-order valence-corrected chi connectivity index (χ3v) is 4.59. The maximum Gasteiger partial charge on any atom is 0.272 e. The molecule has 0 saturated carbocycles. The minimum atomic E-state index is -1.27. The molecule has 6 heteroatoms. The van der Waals surface area contributed by atoms with Crippen molar-refractivity contribution in [2.24, 2.45) is 0 Å². The van der Waals surface area contributed by atoms with Crippen molar-refractivity contribution in [1.29, 1.82) is 0 Å². The number of anilines is 1. The van der Waals surface area contributed by atoms with Crippen molar-refractivity contribution in [3.05, 3.63) is 63.7 Å². The summed E-state index contributed by atoms with van der Waals surface area (Å²) in [5.41, 5.74) is 8.02. The molecule has 0 amide bonds. The van der Waals surface area contributed by atoms with Crippen LogP contribution in [0.4, 0.5) is 11.4 Å². The third-order valence-electron chi connectivity index (χ3n) is 3.16. The number of benzene rings is 2. The van der Waals surface area contributed by atoms with Crippen LogP contribution in [0.1, 0.15) is 11.1 Å². The van der Waals surface area contributed by atoms with Gasteiger partial charge in [-0.25, -0.2) is 0 Å². The molecule has 0 aromatic heterocycles. The van der Waals surface area contributed by atoms with Gasteiger partial charge in [-0.05, 0) is 31.0 Å². The Balaban J connectivity index is 2.13. The van der Waals surface area contributed by atoms with Gasteiger partial charge in [0.05, 0.1) is 20.6 Å². The first-order valence-electron chi connectivity index (χ1n) is 6.46. The molecular formula is C15H16N2O3S. The first-order valence-corrected chi connectivity index (χ1v) is 7.77. The van der Waals surface area contributed by atoms with Crippen LogP contribution in [0.3, 0.4) is 0 Å². The van der Waals surface area contributed by atoms with E-state index in [2.05, 4.69) is 0 Å². The van der Waals surface area contributed by atoms with E-state index >= 15 is 0 Å². The van der Waals surface area contributed by atoms with E-state index in [4.69, 9.17) is 5.73 Å². The number of nitro benzene ring substituents is 1. The van der Waals surface area contributed by atoms with Gasteiger partial charge in [0.25, 0.3) is 5.69 Å². The Labute approximate surface area is 125 Å². The Morgan fingerprint density at radius 1 is 1.24 bits per heavy atom. The van der Waals surface area contributed by atoms with Gasteiger partial charge in [0, 0.05) is 23.1 Å². The fourth-order valence-corrected chi connectivity index (χ4v) is 3.26. The number of hydrogen-bond acceptors (Lipinski definition) is 4. The van der Waals surface area contributed by atoms with E-state index in [-0.39, 0.29) is 5.69 Å². The molecule has 0 aliphatic rings. The average Bonchev–Trinajstić information content (AvgIpc) is 2.45. The number of nitrogens with two attached hydrogens (primary N) is 1. The molecule has 110 valence electrons. The molecule has 2 N–H and O–H groups in total. The van der Waals surface area contributed by atoms with E-state index in [0.717, 1.165) is 5.56 Å². The highest BCUT2D eigenvalue weighted by atomic mass is 32.2. The van der Waals surface area contributed by atoms with Gasteiger partial charge in [0.15, 0.2) is 0 Å². The number of hydrogen-bond donors (Lipinski definition) is 1. The van der Waals surface area contributed by atoms with Crippen LogP contribution < -0.4 is 5.73 Å². The Hall–Kier alpha value is -2.21. The number of aryl methyl sites for hydroxylation is 2. The predicted octanol–water partition coefficient (Wildman–Crippen LogP) is 2.84. The van der Waals surface area contributed by atoms with E-state index in [1.165, 1.54) is 6.07 Å². The molecule has 0 aliphatic heterocycles. The molecule has 2 aromatic carbocycles. The SMILES string of the molecule is Cc1ccc(S(=O)CCc2ccccc2[N+](=O)[O-])c(N)c1. The van der Waals surface area contributed by atoms with Crippen LogP contribution in [-0.2, 0) is 17.2 Å². The Morgan fingerprint density at radius 2 is 1.95 bits per heavy atom. The van der Waals surface area contributed by atoms with E-state index in [1.807, 2.05) is 13.0 Å². The lowest BCUT2D eigenvalue weighted by atomic mass is 10.1. The number of nitrogens with zero attached hydrogens (tertiary/aromatic N) is 1. The van der Waals surface area contributed by atoms with Crippen LogP contribution in [-0.4, -0.2) is 14.9 Å². The number of nitrogen functional groups attached to an aromatic ring is 1. The third kappa shape index (κ3) is 3.66. The second kappa shape index (κ2) is 6.49. The molecular weight excluding hydrogens is 288 g/mol. The fourth-order valence-electron chi connectivity index (χ4n) is 2.09. The summed E-state index contributed by atoms with van der Waals surface area (Å²) in [6, 6.07) is 11.9. The van der Waals surface area contributed by atoms with Crippen LogP contribution >= 0.6 is 0 Å². The molecule has 0 fully saturated rings. The molecule has 1 atom stereocenters. The molecule has 0 saturated heterocycles.